The number of carbonyl (C=O) groups is 1. The van der Waals surface area contributed by atoms with Crippen molar-refractivity contribution in [3.63, 3.8) is 0 Å². The molecule has 0 atom stereocenters. The summed E-state index contributed by atoms with van der Waals surface area (Å²) in [5.74, 6) is 0.867. The topological polar surface area (TPSA) is 72.7 Å². The molecule has 0 aliphatic heterocycles. The van der Waals surface area contributed by atoms with Crippen molar-refractivity contribution in [1.82, 2.24) is 19.7 Å². The van der Waals surface area contributed by atoms with Crippen molar-refractivity contribution in [2.45, 2.75) is 32.9 Å². The van der Waals surface area contributed by atoms with E-state index in [0.717, 1.165) is 28.1 Å². The number of nitrogens with one attached hydrogen (secondary N) is 1. The maximum Gasteiger partial charge on any atom is 0.234 e. The molecule has 0 bridgehead atoms. The highest BCUT2D eigenvalue weighted by molar-refractivity contribution is 7.99. The monoisotopic (exact) mass is 443 g/mol. The highest BCUT2D eigenvalue weighted by Gasteiger charge is 2.18. The predicted molar refractivity (Wildman–Crippen MR) is 129 cm³/mol. The Bertz CT molecular complexity index is 1230. The Morgan fingerprint density at radius 3 is 2.22 bits per heavy atom. The molecule has 1 amide bonds. The number of thioether (sulfide) groups is 1. The van der Waals surface area contributed by atoms with E-state index in [0.29, 0.717) is 11.0 Å². The van der Waals surface area contributed by atoms with Gasteiger partial charge in [-0.1, -0.05) is 47.2 Å². The first-order valence-electron chi connectivity index (χ1n) is 10.4. The highest BCUT2D eigenvalue weighted by atomic mass is 32.2. The lowest BCUT2D eigenvalue weighted by Gasteiger charge is -2.13. The second-order valence-corrected chi connectivity index (χ2v) is 8.77. The normalized spacial score (nSPS) is 10.9. The molecule has 2 heterocycles. The third kappa shape index (κ3) is 4.73. The van der Waals surface area contributed by atoms with Crippen LogP contribution in [0.2, 0.25) is 0 Å². The van der Waals surface area contributed by atoms with Crippen molar-refractivity contribution < 1.29 is 4.79 Å². The minimum absolute atomic E-state index is 0.0750. The summed E-state index contributed by atoms with van der Waals surface area (Å²) in [6, 6.07) is 16.1. The molecular weight excluding hydrogens is 418 g/mol. The first kappa shape index (κ1) is 21.8. The average Bonchev–Trinajstić information content (AvgIpc) is 3.20. The largest absolute Gasteiger partial charge is 0.325 e. The number of amides is 1. The molecule has 2 aromatic carbocycles. The van der Waals surface area contributed by atoms with Gasteiger partial charge in [0, 0.05) is 29.3 Å². The van der Waals surface area contributed by atoms with Crippen molar-refractivity contribution >= 4 is 23.4 Å². The number of nitrogens with zero attached hydrogens (tertiary/aromatic N) is 4. The number of carbonyl (C=O) groups excluding carboxylic acids is 1. The Hall–Kier alpha value is -3.45. The number of rotatable bonds is 6. The maximum atomic E-state index is 12.7. The van der Waals surface area contributed by atoms with Gasteiger partial charge in [-0.3, -0.25) is 14.3 Å². The molecule has 4 rings (SSSR count). The number of aromatic nitrogens is 4. The fourth-order valence-corrected chi connectivity index (χ4v) is 4.41. The lowest BCUT2D eigenvalue weighted by Crippen LogP contribution is -2.16. The van der Waals surface area contributed by atoms with Crippen LogP contribution >= 0.6 is 11.8 Å². The number of hydrogen-bond acceptors (Lipinski definition) is 5. The summed E-state index contributed by atoms with van der Waals surface area (Å²) in [5.41, 5.74) is 7.20. The molecule has 0 unspecified atom stereocenters. The Morgan fingerprint density at radius 1 is 0.906 bits per heavy atom. The van der Waals surface area contributed by atoms with Crippen molar-refractivity contribution in [2.75, 3.05) is 11.1 Å². The Balaban J connectivity index is 1.59. The van der Waals surface area contributed by atoms with Crippen LogP contribution in [0.25, 0.3) is 17.1 Å². The van der Waals surface area contributed by atoms with Crippen LogP contribution in [0.3, 0.4) is 0 Å². The maximum absolute atomic E-state index is 12.7. The average molecular weight is 444 g/mol. The third-order valence-electron chi connectivity index (χ3n) is 5.14. The molecule has 7 heteroatoms. The van der Waals surface area contributed by atoms with E-state index in [1.54, 1.807) is 12.4 Å². The number of anilines is 1. The Morgan fingerprint density at radius 2 is 1.56 bits per heavy atom. The van der Waals surface area contributed by atoms with Crippen molar-refractivity contribution in [2.24, 2.45) is 0 Å². The highest BCUT2D eigenvalue weighted by Crippen LogP contribution is 2.28. The van der Waals surface area contributed by atoms with Gasteiger partial charge < -0.3 is 5.32 Å². The van der Waals surface area contributed by atoms with E-state index in [-0.39, 0.29) is 11.7 Å². The van der Waals surface area contributed by atoms with E-state index in [1.807, 2.05) is 42.7 Å². The molecule has 1 N–H and O–H groups in total. The van der Waals surface area contributed by atoms with Crippen molar-refractivity contribution in [3.05, 3.63) is 83.2 Å². The zero-order chi connectivity index (χ0) is 22.7. The van der Waals surface area contributed by atoms with E-state index in [2.05, 4.69) is 58.6 Å². The Labute approximate surface area is 192 Å². The summed E-state index contributed by atoms with van der Waals surface area (Å²) in [4.78, 5) is 16.8. The molecule has 2 aromatic heterocycles. The van der Waals surface area contributed by atoms with E-state index >= 15 is 0 Å². The summed E-state index contributed by atoms with van der Waals surface area (Å²) in [6.45, 7) is 8.13. The van der Waals surface area contributed by atoms with Crippen LogP contribution < -0.4 is 5.32 Å². The molecule has 162 valence electrons. The molecular formula is C25H25N5OS. The molecule has 32 heavy (non-hydrogen) atoms. The van der Waals surface area contributed by atoms with Gasteiger partial charge in [0.2, 0.25) is 5.91 Å². The quantitative estimate of drug-likeness (QED) is 0.410. The lowest BCUT2D eigenvalue weighted by atomic mass is 10.1. The van der Waals surface area contributed by atoms with E-state index in [9.17, 15) is 4.79 Å². The smallest absolute Gasteiger partial charge is 0.234 e. The lowest BCUT2D eigenvalue weighted by molar-refractivity contribution is -0.113. The zero-order valence-corrected chi connectivity index (χ0v) is 19.4. The molecule has 0 aliphatic rings. The van der Waals surface area contributed by atoms with E-state index < -0.39 is 0 Å². The number of aryl methyl sites for hydroxylation is 4. The third-order valence-corrected chi connectivity index (χ3v) is 6.07. The van der Waals surface area contributed by atoms with Gasteiger partial charge in [0.05, 0.1) is 5.75 Å². The van der Waals surface area contributed by atoms with E-state index in [1.165, 1.54) is 22.9 Å². The minimum atomic E-state index is -0.0750. The van der Waals surface area contributed by atoms with Crippen LogP contribution in [-0.2, 0) is 4.79 Å². The standard InChI is InChI=1S/C25H25N5OS/c1-16-5-7-21(8-6-16)30-24(20-9-11-26-12-10-20)28-29-25(30)32-15-22(31)27-23-18(3)13-17(2)14-19(23)4/h5-14H,15H2,1-4H3,(H,27,31). The number of benzene rings is 2. The molecule has 0 fully saturated rings. The molecule has 0 aliphatic carbocycles. The Kier molecular flexibility index (Phi) is 6.37. The van der Waals surface area contributed by atoms with Crippen molar-refractivity contribution in [1.29, 1.82) is 0 Å². The summed E-state index contributed by atoms with van der Waals surface area (Å²) in [5, 5.41) is 12.5. The summed E-state index contributed by atoms with van der Waals surface area (Å²) in [7, 11) is 0. The SMILES string of the molecule is Cc1ccc(-n2c(SCC(=O)Nc3c(C)cc(C)cc3C)nnc2-c2ccncc2)cc1. The van der Waals surface area contributed by atoms with Crippen LogP contribution in [0.5, 0.6) is 0 Å². The van der Waals surface area contributed by atoms with Gasteiger partial charge in [0.15, 0.2) is 11.0 Å². The van der Waals surface area contributed by atoms with Gasteiger partial charge in [-0.15, -0.1) is 10.2 Å². The minimum Gasteiger partial charge on any atom is -0.325 e. The van der Waals surface area contributed by atoms with Gasteiger partial charge in [0.25, 0.3) is 0 Å². The summed E-state index contributed by atoms with van der Waals surface area (Å²) in [6.07, 6.45) is 3.46. The fourth-order valence-electron chi connectivity index (χ4n) is 3.66. The zero-order valence-electron chi connectivity index (χ0n) is 18.6. The molecule has 0 radical (unpaired) electrons. The molecule has 0 spiro atoms. The van der Waals surface area contributed by atoms with Gasteiger partial charge in [0.1, 0.15) is 0 Å². The second kappa shape index (κ2) is 9.36. The molecule has 6 nitrogen and oxygen atoms in total. The van der Waals surface area contributed by atoms with Gasteiger partial charge in [-0.25, -0.2) is 0 Å². The number of hydrogen-bond donors (Lipinski definition) is 1. The van der Waals surface area contributed by atoms with Crippen LogP contribution in [0.15, 0.2) is 66.1 Å². The fraction of sp³-hybridized carbons (Fsp3) is 0.200. The van der Waals surface area contributed by atoms with Gasteiger partial charge >= 0.3 is 0 Å². The summed E-state index contributed by atoms with van der Waals surface area (Å²) >= 11 is 1.37. The van der Waals surface area contributed by atoms with Crippen molar-refractivity contribution in [3.8, 4) is 17.1 Å². The number of pyridine rings is 1. The van der Waals surface area contributed by atoms with E-state index in [4.69, 9.17) is 0 Å². The van der Waals surface area contributed by atoms with Crippen LogP contribution in [0.1, 0.15) is 22.3 Å². The predicted octanol–water partition coefficient (Wildman–Crippen LogP) is 5.29. The van der Waals surface area contributed by atoms with Gasteiger partial charge in [-0.2, -0.15) is 0 Å². The molecule has 0 saturated carbocycles. The first-order chi connectivity index (χ1) is 15.4. The van der Waals surface area contributed by atoms with Crippen LogP contribution in [0.4, 0.5) is 5.69 Å². The second-order valence-electron chi connectivity index (χ2n) is 7.82. The summed E-state index contributed by atoms with van der Waals surface area (Å²) < 4.78 is 1.98. The van der Waals surface area contributed by atoms with Gasteiger partial charge in [-0.05, 0) is 63.1 Å². The van der Waals surface area contributed by atoms with Crippen LogP contribution in [-0.4, -0.2) is 31.4 Å². The molecule has 4 aromatic rings. The van der Waals surface area contributed by atoms with Crippen LogP contribution in [0, 0.1) is 27.7 Å². The first-order valence-corrected chi connectivity index (χ1v) is 11.3. The molecule has 0 saturated heterocycles.